The predicted molar refractivity (Wildman–Crippen MR) is 118 cm³/mol. The zero-order valence-corrected chi connectivity index (χ0v) is 18.2. The smallest absolute Gasteiger partial charge is 0.242 e. The van der Waals surface area contributed by atoms with Crippen LogP contribution < -0.4 is 10.6 Å². The normalized spacial score (nSPS) is 10.8. The molecule has 0 saturated carbocycles. The molecule has 2 rings (SSSR count). The number of likely N-dealkylation sites (N-methyl/N-ethyl adjacent to an activating group) is 1. The quantitative estimate of drug-likeness (QED) is 0.347. The van der Waals surface area contributed by atoms with Gasteiger partial charge in [-0.2, -0.15) is 0 Å². The molecule has 152 valence electrons. The van der Waals surface area contributed by atoms with Crippen LogP contribution in [0.3, 0.4) is 0 Å². The summed E-state index contributed by atoms with van der Waals surface area (Å²) in [6, 6.07) is 13.0. The number of hydrogen-bond donors (Lipinski definition) is 2. The number of halogens is 3. The molecular formula is C20H25F2IN4O. The number of benzene rings is 2. The lowest BCUT2D eigenvalue weighted by molar-refractivity contribution is -0.130. The van der Waals surface area contributed by atoms with E-state index >= 15 is 0 Å². The Morgan fingerprint density at radius 3 is 2.46 bits per heavy atom. The highest BCUT2D eigenvalue weighted by molar-refractivity contribution is 14.0. The lowest BCUT2D eigenvalue weighted by atomic mass is 10.2. The minimum Gasteiger partial charge on any atom is -0.352 e. The van der Waals surface area contributed by atoms with Crippen LogP contribution in [0.2, 0.25) is 0 Å². The van der Waals surface area contributed by atoms with E-state index in [1.165, 1.54) is 0 Å². The van der Waals surface area contributed by atoms with Crippen molar-refractivity contribution in [2.24, 2.45) is 4.99 Å². The SMILES string of the molecule is CCN(Cc1ccccc1)C(=O)CNC(=NC)NCc1cc(F)ccc1F.I. The molecule has 0 atom stereocenters. The fourth-order valence-electron chi connectivity index (χ4n) is 2.53. The molecule has 2 aromatic rings. The van der Waals surface area contributed by atoms with E-state index in [2.05, 4.69) is 15.6 Å². The van der Waals surface area contributed by atoms with E-state index in [0.717, 1.165) is 23.8 Å². The zero-order valence-electron chi connectivity index (χ0n) is 15.9. The highest BCUT2D eigenvalue weighted by atomic mass is 127. The summed E-state index contributed by atoms with van der Waals surface area (Å²) in [6.45, 7) is 3.12. The van der Waals surface area contributed by atoms with Gasteiger partial charge in [0.1, 0.15) is 11.6 Å². The second-order valence-electron chi connectivity index (χ2n) is 5.91. The van der Waals surface area contributed by atoms with Crippen molar-refractivity contribution in [3.8, 4) is 0 Å². The number of hydrogen-bond acceptors (Lipinski definition) is 2. The van der Waals surface area contributed by atoms with Crippen LogP contribution in [0.4, 0.5) is 8.78 Å². The van der Waals surface area contributed by atoms with Crippen LogP contribution in [0.5, 0.6) is 0 Å². The van der Waals surface area contributed by atoms with Gasteiger partial charge in [-0.15, -0.1) is 24.0 Å². The molecule has 8 heteroatoms. The molecule has 1 amide bonds. The summed E-state index contributed by atoms with van der Waals surface area (Å²) in [4.78, 5) is 18.2. The van der Waals surface area contributed by atoms with Gasteiger partial charge in [0.15, 0.2) is 5.96 Å². The van der Waals surface area contributed by atoms with Crippen molar-refractivity contribution < 1.29 is 13.6 Å². The van der Waals surface area contributed by atoms with Gasteiger partial charge < -0.3 is 15.5 Å². The molecule has 0 bridgehead atoms. The maximum absolute atomic E-state index is 13.7. The Hall–Kier alpha value is -2.23. The van der Waals surface area contributed by atoms with Gasteiger partial charge in [0.2, 0.25) is 5.91 Å². The van der Waals surface area contributed by atoms with Gasteiger partial charge in [0.05, 0.1) is 6.54 Å². The number of nitrogens with one attached hydrogen (secondary N) is 2. The minimum absolute atomic E-state index is 0. The number of nitrogens with zero attached hydrogens (tertiary/aromatic N) is 2. The first-order valence-electron chi connectivity index (χ1n) is 8.73. The molecule has 5 nitrogen and oxygen atoms in total. The Morgan fingerprint density at radius 2 is 1.82 bits per heavy atom. The van der Waals surface area contributed by atoms with Crippen LogP contribution in [0.25, 0.3) is 0 Å². The Kier molecular flexibility index (Phi) is 10.4. The molecule has 0 aromatic heterocycles. The number of aliphatic imine (C=N–C) groups is 1. The molecule has 0 aliphatic heterocycles. The van der Waals surface area contributed by atoms with Gasteiger partial charge >= 0.3 is 0 Å². The summed E-state index contributed by atoms with van der Waals surface area (Å²) in [7, 11) is 1.54. The van der Waals surface area contributed by atoms with Crippen LogP contribution in [0.15, 0.2) is 53.5 Å². The maximum Gasteiger partial charge on any atom is 0.242 e. The van der Waals surface area contributed by atoms with E-state index < -0.39 is 11.6 Å². The topological polar surface area (TPSA) is 56.7 Å². The molecule has 2 aromatic carbocycles. The van der Waals surface area contributed by atoms with Crippen LogP contribution in [-0.4, -0.2) is 36.9 Å². The predicted octanol–water partition coefficient (Wildman–Crippen LogP) is 3.30. The van der Waals surface area contributed by atoms with Crippen molar-refractivity contribution in [2.75, 3.05) is 20.1 Å². The third kappa shape index (κ3) is 7.41. The van der Waals surface area contributed by atoms with Crippen molar-refractivity contribution in [3.63, 3.8) is 0 Å². The van der Waals surface area contributed by atoms with Crippen LogP contribution in [-0.2, 0) is 17.9 Å². The minimum atomic E-state index is -0.508. The molecule has 0 spiro atoms. The summed E-state index contributed by atoms with van der Waals surface area (Å²) >= 11 is 0. The highest BCUT2D eigenvalue weighted by Crippen LogP contribution is 2.09. The van der Waals surface area contributed by atoms with E-state index in [4.69, 9.17) is 0 Å². The maximum atomic E-state index is 13.7. The van der Waals surface area contributed by atoms with Crippen molar-refractivity contribution in [1.29, 1.82) is 0 Å². The third-order valence-electron chi connectivity index (χ3n) is 4.04. The average molecular weight is 502 g/mol. The van der Waals surface area contributed by atoms with Gasteiger partial charge in [-0.25, -0.2) is 8.78 Å². The first kappa shape index (κ1) is 23.8. The largest absolute Gasteiger partial charge is 0.352 e. The fraction of sp³-hybridized carbons (Fsp3) is 0.300. The zero-order chi connectivity index (χ0) is 19.6. The molecule has 0 unspecified atom stereocenters. The van der Waals surface area contributed by atoms with E-state index in [1.54, 1.807) is 11.9 Å². The van der Waals surface area contributed by atoms with E-state index in [0.29, 0.717) is 19.0 Å². The number of amides is 1. The molecule has 0 fully saturated rings. The number of rotatable bonds is 7. The molecule has 28 heavy (non-hydrogen) atoms. The van der Waals surface area contributed by atoms with Gasteiger partial charge in [0, 0.05) is 32.2 Å². The summed E-state index contributed by atoms with van der Waals surface area (Å²) in [5.41, 5.74) is 1.24. The number of carbonyl (C=O) groups is 1. The number of guanidine groups is 1. The highest BCUT2D eigenvalue weighted by Gasteiger charge is 2.13. The Labute approximate surface area is 181 Å². The van der Waals surface area contributed by atoms with Gasteiger partial charge in [-0.3, -0.25) is 9.79 Å². The fourth-order valence-corrected chi connectivity index (χ4v) is 2.53. The van der Waals surface area contributed by atoms with E-state index in [-0.39, 0.29) is 48.5 Å². The monoisotopic (exact) mass is 502 g/mol. The first-order chi connectivity index (χ1) is 13.0. The molecule has 0 aliphatic carbocycles. The second-order valence-corrected chi connectivity index (χ2v) is 5.91. The molecule has 2 N–H and O–H groups in total. The van der Waals surface area contributed by atoms with Crippen molar-refractivity contribution in [2.45, 2.75) is 20.0 Å². The lowest BCUT2D eigenvalue weighted by Gasteiger charge is -2.22. The van der Waals surface area contributed by atoms with Gasteiger partial charge in [0.25, 0.3) is 0 Å². The standard InChI is InChI=1S/C20H24F2N4O.HI/c1-3-26(14-15-7-5-4-6-8-15)19(27)13-25-20(23-2)24-12-16-11-17(21)9-10-18(16)22;/h4-11H,3,12-14H2,1-2H3,(H2,23,24,25);1H. The van der Waals surface area contributed by atoms with Crippen molar-refractivity contribution in [3.05, 3.63) is 71.3 Å². The molecule has 0 aliphatic rings. The van der Waals surface area contributed by atoms with Crippen LogP contribution in [0.1, 0.15) is 18.1 Å². The summed E-state index contributed by atoms with van der Waals surface area (Å²) in [6.07, 6.45) is 0. The molecular weight excluding hydrogens is 477 g/mol. The van der Waals surface area contributed by atoms with Gasteiger partial charge in [-0.1, -0.05) is 30.3 Å². The Bertz CT molecular complexity index is 787. The molecule has 0 saturated heterocycles. The van der Waals surface area contributed by atoms with Crippen LogP contribution >= 0.6 is 24.0 Å². The lowest BCUT2D eigenvalue weighted by Crippen LogP contribution is -2.44. The van der Waals surface area contributed by atoms with E-state index in [1.807, 2.05) is 37.3 Å². The van der Waals surface area contributed by atoms with Crippen LogP contribution in [0, 0.1) is 11.6 Å². The second kappa shape index (κ2) is 12.3. The van der Waals surface area contributed by atoms with Crippen molar-refractivity contribution >= 4 is 35.8 Å². The van der Waals surface area contributed by atoms with E-state index in [9.17, 15) is 13.6 Å². The Balaban J connectivity index is 0.00000392. The average Bonchev–Trinajstić information content (AvgIpc) is 2.69. The third-order valence-corrected chi connectivity index (χ3v) is 4.04. The van der Waals surface area contributed by atoms with Crippen molar-refractivity contribution in [1.82, 2.24) is 15.5 Å². The number of carbonyl (C=O) groups excluding carboxylic acids is 1. The Morgan fingerprint density at radius 1 is 1.11 bits per heavy atom. The molecule has 0 radical (unpaired) electrons. The first-order valence-corrected chi connectivity index (χ1v) is 8.73. The molecule has 0 heterocycles. The summed E-state index contributed by atoms with van der Waals surface area (Å²) in [5.74, 6) is -0.759. The summed E-state index contributed by atoms with van der Waals surface area (Å²) < 4.78 is 26.9. The van der Waals surface area contributed by atoms with Gasteiger partial charge in [-0.05, 0) is 30.7 Å². The summed E-state index contributed by atoms with van der Waals surface area (Å²) in [5, 5.41) is 5.78.